The van der Waals surface area contributed by atoms with Crippen molar-refractivity contribution >= 4 is 17.5 Å². The van der Waals surface area contributed by atoms with Crippen LogP contribution < -0.4 is 10.9 Å². The van der Waals surface area contributed by atoms with Gasteiger partial charge in [-0.1, -0.05) is 0 Å². The second-order valence-electron chi connectivity index (χ2n) is 6.02. The van der Waals surface area contributed by atoms with Crippen molar-refractivity contribution in [1.82, 2.24) is 9.47 Å². The van der Waals surface area contributed by atoms with Crippen molar-refractivity contribution in [3.63, 3.8) is 0 Å². The number of carbonyl (C=O) groups is 2. The van der Waals surface area contributed by atoms with Gasteiger partial charge in [-0.3, -0.25) is 14.4 Å². The topological polar surface area (TPSA) is 71.4 Å². The zero-order valence-electron chi connectivity index (χ0n) is 13.8. The monoisotopic (exact) mass is 343 g/mol. The zero-order valence-corrected chi connectivity index (χ0v) is 13.8. The van der Waals surface area contributed by atoms with Gasteiger partial charge in [-0.25, -0.2) is 4.39 Å². The highest BCUT2D eigenvalue weighted by molar-refractivity contribution is 6.05. The van der Waals surface area contributed by atoms with Crippen molar-refractivity contribution in [2.75, 3.05) is 18.4 Å². The molecule has 2 aromatic rings. The summed E-state index contributed by atoms with van der Waals surface area (Å²) in [7, 11) is 1.52. The molecule has 7 heteroatoms. The number of aryl methyl sites for hydroxylation is 1. The molecule has 1 fully saturated rings. The molecule has 1 aliphatic heterocycles. The number of halogens is 1. The largest absolute Gasteiger partial charge is 0.339 e. The summed E-state index contributed by atoms with van der Waals surface area (Å²) in [5.74, 6) is -1.15. The van der Waals surface area contributed by atoms with Crippen LogP contribution in [0.25, 0.3) is 0 Å². The molecule has 3 rings (SSSR count). The molecule has 0 radical (unpaired) electrons. The number of pyridine rings is 1. The fourth-order valence-electron chi connectivity index (χ4n) is 2.82. The number of rotatable bonds is 3. The van der Waals surface area contributed by atoms with Gasteiger partial charge in [0.15, 0.2) is 0 Å². The molecule has 0 unspecified atom stereocenters. The summed E-state index contributed by atoms with van der Waals surface area (Å²) < 4.78 is 14.2. The summed E-state index contributed by atoms with van der Waals surface area (Å²) in [5.41, 5.74) is 0.161. The Balaban J connectivity index is 1.87. The number of carbonyl (C=O) groups excluding carboxylic acids is 2. The predicted molar refractivity (Wildman–Crippen MR) is 91.2 cm³/mol. The van der Waals surface area contributed by atoms with Gasteiger partial charge in [0.2, 0.25) is 0 Å². The van der Waals surface area contributed by atoms with E-state index in [1.807, 2.05) is 0 Å². The lowest BCUT2D eigenvalue weighted by Gasteiger charge is -2.16. The highest BCUT2D eigenvalue weighted by atomic mass is 19.1. The molecule has 2 heterocycles. The maximum Gasteiger partial charge on any atom is 0.274 e. The smallest absolute Gasteiger partial charge is 0.274 e. The highest BCUT2D eigenvalue weighted by Gasteiger charge is 2.21. The van der Waals surface area contributed by atoms with E-state index in [0.29, 0.717) is 18.7 Å². The summed E-state index contributed by atoms with van der Waals surface area (Å²) in [6.45, 7) is 1.39. The molecule has 2 amide bonds. The third-order valence-corrected chi connectivity index (χ3v) is 4.18. The van der Waals surface area contributed by atoms with Gasteiger partial charge < -0.3 is 14.8 Å². The molecular weight excluding hydrogens is 325 g/mol. The molecule has 0 bridgehead atoms. The molecule has 0 saturated carbocycles. The quantitative estimate of drug-likeness (QED) is 0.927. The molecule has 0 spiro atoms. The van der Waals surface area contributed by atoms with Crippen LogP contribution in [0.4, 0.5) is 10.1 Å². The van der Waals surface area contributed by atoms with Gasteiger partial charge in [-0.05, 0) is 43.2 Å². The lowest BCUT2D eigenvalue weighted by molar-refractivity contribution is 0.0791. The van der Waals surface area contributed by atoms with E-state index in [0.717, 1.165) is 12.8 Å². The summed E-state index contributed by atoms with van der Waals surface area (Å²) in [4.78, 5) is 38.7. The van der Waals surface area contributed by atoms with Crippen LogP contribution >= 0.6 is 0 Å². The number of hydrogen-bond acceptors (Lipinski definition) is 3. The van der Waals surface area contributed by atoms with Gasteiger partial charge in [-0.15, -0.1) is 0 Å². The van der Waals surface area contributed by atoms with Crippen LogP contribution in [0.1, 0.15) is 33.6 Å². The Morgan fingerprint density at radius 2 is 1.72 bits per heavy atom. The lowest BCUT2D eigenvalue weighted by atomic mass is 10.2. The minimum absolute atomic E-state index is 0.0156. The molecule has 0 atom stereocenters. The van der Waals surface area contributed by atoms with Crippen molar-refractivity contribution in [1.29, 1.82) is 0 Å². The maximum absolute atomic E-state index is 13.0. The summed E-state index contributed by atoms with van der Waals surface area (Å²) in [5, 5.41) is 2.51. The van der Waals surface area contributed by atoms with Crippen LogP contribution in [-0.2, 0) is 7.05 Å². The van der Waals surface area contributed by atoms with E-state index in [9.17, 15) is 18.8 Å². The number of benzene rings is 1. The summed E-state index contributed by atoms with van der Waals surface area (Å²) >= 11 is 0. The third-order valence-electron chi connectivity index (χ3n) is 4.18. The van der Waals surface area contributed by atoms with Gasteiger partial charge in [0, 0.05) is 31.9 Å². The van der Waals surface area contributed by atoms with Crippen LogP contribution in [0.3, 0.4) is 0 Å². The average molecular weight is 343 g/mol. The van der Waals surface area contributed by atoms with E-state index >= 15 is 0 Å². The van der Waals surface area contributed by atoms with Crippen LogP contribution in [0.5, 0.6) is 0 Å². The molecule has 1 aromatic carbocycles. The van der Waals surface area contributed by atoms with Crippen molar-refractivity contribution in [3.8, 4) is 0 Å². The summed E-state index contributed by atoms with van der Waals surface area (Å²) in [6, 6.07) is 6.38. The van der Waals surface area contributed by atoms with E-state index in [2.05, 4.69) is 5.32 Å². The molecule has 1 aromatic heterocycles. The van der Waals surface area contributed by atoms with Crippen molar-refractivity contribution < 1.29 is 14.0 Å². The first-order valence-electron chi connectivity index (χ1n) is 8.02. The molecule has 25 heavy (non-hydrogen) atoms. The number of nitrogens with one attached hydrogen (secondary N) is 1. The van der Waals surface area contributed by atoms with Gasteiger partial charge in [-0.2, -0.15) is 0 Å². The van der Waals surface area contributed by atoms with E-state index in [4.69, 9.17) is 0 Å². The standard InChI is InChI=1S/C18H18FN3O3/c1-21-11-13(17(24)22-8-2-3-9-22)10-15(18(21)25)20-16(23)12-4-6-14(19)7-5-12/h4-7,10-11H,2-3,8-9H2,1H3,(H,20,23). The van der Waals surface area contributed by atoms with E-state index < -0.39 is 17.3 Å². The first kappa shape index (κ1) is 16.9. The molecule has 1 N–H and O–H groups in total. The minimum Gasteiger partial charge on any atom is -0.339 e. The van der Waals surface area contributed by atoms with Crippen molar-refractivity contribution in [2.45, 2.75) is 12.8 Å². The van der Waals surface area contributed by atoms with Crippen molar-refractivity contribution in [2.24, 2.45) is 7.05 Å². The number of amides is 2. The first-order chi connectivity index (χ1) is 12.0. The number of hydrogen-bond donors (Lipinski definition) is 1. The molecular formula is C18H18FN3O3. The highest BCUT2D eigenvalue weighted by Crippen LogP contribution is 2.15. The van der Waals surface area contributed by atoms with Gasteiger partial charge in [0.1, 0.15) is 11.5 Å². The fraction of sp³-hybridized carbons (Fsp3) is 0.278. The molecule has 130 valence electrons. The molecule has 6 nitrogen and oxygen atoms in total. The fourth-order valence-corrected chi connectivity index (χ4v) is 2.82. The Kier molecular flexibility index (Phi) is 4.65. The van der Waals surface area contributed by atoms with Crippen LogP contribution in [0.15, 0.2) is 41.3 Å². The van der Waals surface area contributed by atoms with Gasteiger partial charge >= 0.3 is 0 Å². The normalized spacial score (nSPS) is 13.8. The van der Waals surface area contributed by atoms with Gasteiger partial charge in [0.25, 0.3) is 17.4 Å². The average Bonchev–Trinajstić information content (AvgIpc) is 3.13. The Hall–Kier alpha value is -2.96. The Bertz CT molecular complexity index is 868. The van der Waals surface area contributed by atoms with E-state index in [1.165, 1.54) is 48.1 Å². The van der Waals surface area contributed by atoms with Crippen LogP contribution in [-0.4, -0.2) is 34.4 Å². The number of nitrogens with zero attached hydrogens (tertiary/aromatic N) is 2. The Morgan fingerprint density at radius 3 is 2.36 bits per heavy atom. The Labute approximate surface area is 143 Å². The number of anilines is 1. The molecule has 1 saturated heterocycles. The zero-order chi connectivity index (χ0) is 18.0. The van der Waals surface area contributed by atoms with Gasteiger partial charge in [0.05, 0.1) is 5.56 Å². The SMILES string of the molecule is Cn1cc(C(=O)N2CCCC2)cc(NC(=O)c2ccc(F)cc2)c1=O. The molecule has 1 aliphatic rings. The maximum atomic E-state index is 13.0. The third kappa shape index (κ3) is 3.60. The first-order valence-corrected chi connectivity index (χ1v) is 8.02. The number of aromatic nitrogens is 1. The van der Waals surface area contributed by atoms with Crippen molar-refractivity contribution in [3.05, 3.63) is 63.8 Å². The van der Waals surface area contributed by atoms with E-state index in [-0.39, 0.29) is 17.2 Å². The van der Waals surface area contributed by atoms with Crippen LogP contribution in [0, 0.1) is 5.82 Å². The summed E-state index contributed by atoms with van der Waals surface area (Å²) in [6.07, 6.45) is 3.40. The van der Waals surface area contributed by atoms with E-state index in [1.54, 1.807) is 4.90 Å². The second-order valence-corrected chi connectivity index (χ2v) is 6.02. The second kappa shape index (κ2) is 6.88. The van der Waals surface area contributed by atoms with Crippen LogP contribution in [0.2, 0.25) is 0 Å². The molecule has 0 aliphatic carbocycles. The number of likely N-dealkylation sites (tertiary alicyclic amines) is 1. The minimum atomic E-state index is -0.539. The predicted octanol–water partition coefficient (Wildman–Crippen LogP) is 2.01. The Morgan fingerprint density at radius 1 is 1.08 bits per heavy atom. The lowest BCUT2D eigenvalue weighted by Crippen LogP contribution is -2.30.